The fraction of sp³-hybridized carbons (Fsp3) is 0.333. The second kappa shape index (κ2) is 14.7. The molecule has 0 spiro atoms. The van der Waals surface area contributed by atoms with Gasteiger partial charge in [-0.1, -0.05) is 50.2 Å². The monoisotopic (exact) mass is 636 g/mol. The van der Waals surface area contributed by atoms with Gasteiger partial charge in [0.2, 0.25) is 10.0 Å². The van der Waals surface area contributed by atoms with Gasteiger partial charge >= 0.3 is 0 Å². The number of benzene rings is 3. The Morgan fingerprint density at radius 3 is 2.41 bits per heavy atom. The molecule has 4 rings (SSSR count). The summed E-state index contributed by atoms with van der Waals surface area (Å²) in [6, 6.07) is 19.0. The van der Waals surface area contributed by atoms with Crippen molar-refractivity contribution >= 4 is 43.8 Å². The molecule has 0 bridgehead atoms. The highest BCUT2D eigenvalue weighted by molar-refractivity contribution is 7.92. The molecule has 0 aliphatic heterocycles. The van der Waals surface area contributed by atoms with Crippen molar-refractivity contribution in [1.29, 1.82) is 0 Å². The molecule has 0 aliphatic rings. The highest BCUT2D eigenvalue weighted by Gasteiger charge is 2.28. The molecule has 234 valence electrons. The third-order valence-corrected chi connectivity index (χ3v) is 9.30. The zero-order chi connectivity index (χ0) is 31.9. The Hall–Kier alpha value is -3.93. The zero-order valence-electron chi connectivity index (χ0n) is 25.6. The van der Waals surface area contributed by atoms with Gasteiger partial charge in [0, 0.05) is 16.6 Å². The van der Waals surface area contributed by atoms with Gasteiger partial charge in [-0.25, -0.2) is 13.4 Å². The standard InChI is InChI=1S/C33H40N4O5S2/c1-21(2)16-25-18-26(42-5)14-15-29(25)37-44(40,41)20-31(38)30(17-24-10-7-6-8-11-24)35-32(39)27-12-9-13-28(23(27)4)36-33-34-22(3)19-43-33/h6-15,18-19,21,30-31,37-38H,16-17,20H2,1-5H3,(H,34,36)(H,35,39)/t30-,31-/m0/s1. The summed E-state index contributed by atoms with van der Waals surface area (Å²) in [5.74, 6) is -0.113. The van der Waals surface area contributed by atoms with Crippen LogP contribution in [0.2, 0.25) is 0 Å². The smallest absolute Gasteiger partial charge is 0.251 e. The molecule has 0 fully saturated rings. The predicted octanol–water partition coefficient (Wildman–Crippen LogP) is 5.85. The molecule has 1 amide bonds. The van der Waals surface area contributed by atoms with Gasteiger partial charge in [-0.15, -0.1) is 11.3 Å². The Morgan fingerprint density at radius 1 is 1.00 bits per heavy atom. The van der Waals surface area contributed by atoms with Gasteiger partial charge in [-0.2, -0.15) is 0 Å². The van der Waals surface area contributed by atoms with Gasteiger partial charge in [0.05, 0.1) is 36.4 Å². The minimum Gasteiger partial charge on any atom is -0.497 e. The van der Waals surface area contributed by atoms with E-state index in [2.05, 4.69) is 20.3 Å². The summed E-state index contributed by atoms with van der Waals surface area (Å²) in [6.07, 6.45) is -0.525. The number of aliphatic hydroxyl groups is 1. The molecule has 0 unspecified atom stereocenters. The van der Waals surface area contributed by atoms with Crippen LogP contribution < -0.4 is 20.1 Å². The highest BCUT2D eigenvalue weighted by Crippen LogP contribution is 2.27. The molecule has 0 radical (unpaired) electrons. The van der Waals surface area contributed by atoms with Gasteiger partial charge in [-0.3, -0.25) is 9.52 Å². The third-order valence-electron chi connectivity index (χ3n) is 7.11. The summed E-state index contributed by atoms with van der Waals surface area (Å²) in [4.78, 5) is 18.0. The van der Waals surface area contributed by atoms with Crippen molar-refractivity contribution in [1.82, 2.24) is 10.3 Å². The van der Waals surface area contributed by atoms with Gasteiger partial charge in [-0.05, 0) is 79.6 Å². The van der Waals surface area contributed by atoms with E-state index in [9.17, 15) is 18.3 Å². The van der Waals surface area contributed by atoms with E-state index in [1.807, 2.05) is 75.5 Å². The van der Waals surface area contributed by atoms with Crippen molar-refractivity contribution < 1.29 is 23.1 Å². The van der Waals surface area contributed by atoms with E-state index in [4.69, 9.17) is 4.74 Å². The number of nitrogens with zero attached hydrogens (tertiary/aromatic N) is 1. The van der Waals surface area contributed by atoms with Gasteiger partial charge in [0.15, 0.2) is 5.13 Å². The molecular weight excluding hydrogens is 597 g/mol. The van der Waals surface area contributed by atoms with Crippen LogP contribution in [0.5, 0.6) is 5.75 Å². The molecule has 2 atom stereocenters. The SMILES string of the molecule is COc1ccc(NS(=O)(=O)C[C@H](O)[C@H](Cc2ccccc2)NC(=O)c2cccc(Nc3nc(C)cs3)c2C)c(CC(C)C)c1. The van der Waals surface area contributed by atoms with Gasteiger partial charge in [0.1, 0.15) is 5.75 Å². The van der Waals surface area contributed by atoms with Crippen molar-refractivity contribution in [2.75, 3.05) is 22.9 Å². The lowest BCUT2D eigenvalue weighted by atomic mass is 10.0. The van der Waals surface area contributed by atoms with E-state index in [0.717, 1.165) is 22.5 Å². The summed E-state index contributed by atoms with van der Waals surface area (Å²) in [5, 5.41) is 20.2. The van der Waals surface area contributed by atoms with Crippen LogP contribution in [0.1, 0.15) is 46.6 Å². The fourth-order valence-electron chi connectivity index (χ4n) is 4.90. The first-order chi connectivity index (χ1) is 20.9. The van der Waals surface area contributed by atoms with Crippen molar-refractivity contribution in [2.45, 2.75) is 52.7 Å². The largest absolute Gasteiger partial charge is 0.497 e. The zero-order valence-corrected chi connectivity index (χ0v) is 27.3. The number of aryl methyl sites for hydroxylation is 1. The number of hydrogen-bond acceptors (Lipinski definition) is 8. The van der Waals surface area contributed by atoms with Crippen LogP contribution in [0, 0.1) is 19.8 Å². The lowest BCUT2D eigenvalue weighted by Gasteiger charge is -2.25. The molecule has 4 aromatic rings. The average Bonchev–Trinajstić information content (AvgIpc) is 3.38. The Balaban J connectivity index is 1.55. The fourth-order valence-corrected chi connectivity index (χ4v) is 6.90. The molecule has 3 aromatic carbocycles. The predicted molar refractivity (Wildman–Crippen MR) is 178 cm³/mol. The van der Waals surface area contributed by atoms with E-state index >= 15 is 0 Å². The number of anilines is 3. The number of amides is 1. The lowest BCUT2D eigenvalue weighted by molar-refractivity contribution is 0.0861. The van der Waals surface area contributed by atoms with Crippen molar-refractivity contribution in [3.8, 4) is 5.75 Å². The van der Waals surface area contributed by atoms with Gasteiger partial charge in [0.25, 0.3) is 5.91 Å². The van der Waals surface area contributed by atoms with E-state index in [1.54, 1.807) is 31.4 Å². The third kappa shape index (κ3) is 9.04. The van der Waals surface area contributed by atoms with Crippen LogP contribution in [0.4, 0.5) is 16.5 Å². The number of nitrogens with one attached hydrogen (secondary N) is 3. The first-order valence-electron chi connectivity index (χ1n) is 14.4. The lowest BCUT2D eigenvalue weighted by Crippen LogP contribution is -2.48. The van der Waals surface area contributed by atoms with Gasteiger partial charge < -0.3 is 20.5 Å². The minimum atomic E-state index is -4.00. The molecule has 9 nitrogen and oxygen atoms in total. The number of hydrogen-bond donors (Lipinski definition) is 4. The second-order valence-electron chi connectivity index (χ2n) is 11.2. The molecular formula is C33H40N4O5S2. The maximum absolute atomic E-state index is 13.6. The number of thiazole rings is 1. The van der Waals surface area contributed by atoms with Crippen LogP contribution >= 0.6 is 11.3 Å². The quantitative estimate of drug-likeness (QED) is 0.137. The number of carbonyl (C=O) groups is 1. The Kier molecular flexibility index (Phi) is 11.0. The number of carbonyl (C=O) groups excluding carboxylic acids is 1. The number of aliphatic hydroxyl groups excluding tert-OH is 1. The van der Waals surface area contributed by atoms with Crippen LogP contribution in [-0.4, -0.2) is 49.4 Å². The molecule has 44 heavy (non-hydrogen) atoms. The molecule has 0 saturated heterocycles. The Bertz CT molecular complexity index is 1670. The maximum atomic E-state index is 13.6. The highest BCUT2D eigenvalue weighted by atomic mass is 32.2. The van der Waals surface area contributed by atoms with Crippen LogP contribution in [0.15, 0.2) is 72.1 Å². The summed E-state index contributed by atoms with van der Waals surface area (Å²) >= 11 is 1.47. The maximum Gasteiger partial charge on any atom is 0.251 e. The van der Waals surface area contributed by atoms with Crippen molar-refractivity contribution in [3.05, 3.63) is 100 Å². The molecule has 4 N–H and O–H groups in total. The molecule has 11 heteroatoms. The molecule has 1 heterocycles. The summed E-state index contributed by atoms with van der Waals surface area (Å²) < 4.78 is 34.7. The first kappa shape index (κ1) is 33.0. The van der Waals surface area contributed by atoms with Crippen LogP contribution in [-0.2, 0) is 22.9 Å². The number of ether oxygens (including phenoxy) is 1. The summed E-state index contributed by atoms with van der Waals surface area (Å²) in [5.41, 5.74) is 4.82. The van der Waals surface area contributed by atoms with E-state index in [0.29, 0.717) is 34.1 Å². The average molecular weight is 637 g/mol. The summed E-state index contributed by atoms with van der Waals surface area (Å²) in [6.45, 7) is 7.84. The van der Waals surface area contributed by atoms with E-state index in [-0.39, 0.29) is 12.3 Å². The number of aromatic nitrogens is 1. The number of methoxy groups -OCH3 is 1. The topological polar surface area (TPSA) is 130 Å². The van der Waals surface area contributed by atoms with Crippen LogP contribution in [0.3, 0.4) is 0 Å². The first-order valence-corrected chi connectivity index (χ1v) is 17.0. The Labute approximate surface area is 263 Å². The second-order valence-corrected chi connectivity index (χ2v) is 13.9. The summed E-state index contributed by atoms with van der Waals surface area (Å²) in [7, 11) is -2.44. The minimum absolute atomic E-state index is 0.236. The normalized spacial score (nSPS) is 12.9. The van der Waals surface area contributed by atoms with E-state index in [1.165, 1.54) is 11.3 Å². The van der Waals surface area contributed by atoms with Crippen LogP contribution in [0.25, 0.3) is 0 Å². The number of sulfonamides is 1. The molecule has 0 saturated carbocycles. The molecule has 0 aliphatic carbocycles. The molecule has 1 aromatic heterocycles. The number of rotatable bonds is 14. The Morgan fingerprint density at radius 2 is 1.75 bits per heavy atom. The van der Waals surface area contributed by atoms with E-state index < -0.39 is 33.8 Å². The van der Waals surface area contributed by atoms with Crippen molar-refractivity contribution in [3.63, 3.8) is 0 Å². The van der Waals surface area contributed by atoms with Crippen molar-refractivity contribution in [2.24, 2.45) is 5.92 Å².